The summed E-state index contributed by atoms with van der Waals surface area (Å²) >= 11 is 7.78. The highest BCUT2D eigenvalue weighted by atomic mass is 35.5. The summed E-state index contributed by atoms with van der Waals surface area (Å²) in [5.74, 6) is 1.12. The van der Waals surface area contributed by atoms with Gasteiger partial charge in [0.05, 0.1) is 18.2 Å². The number of hydrogen-bond acceptors (Lipinski definition) is 4. The van der Waals surface area contributed by atoms with Crippen LogP contribution in [0.1, 0.15) is 28.4 Å². The minimum Gasteiger partial charge on any atom is -0.493 e. The van der Waals surface area contributed by atoms with Gasteiger partial charge < -0.3 is 14.5 Å². The fourth-order valence-corrected chi connectivity index (χ4v) is 4.34. The normalized spacial score (nSPS) is 12.4. The second kappa shape index (κ2) is 6.67. The molecule has 1 N–H and O–H groups in total. The van der Waals surface area contributed by atoms with Gasteiger partial charge in [-0.3, -0.25) is 4.79 Å². The second-order valence-corrected chi connectivity index (χ2v) is 7.39. The quantitative estimate of drug-likeness (QED) is 0.483. The van der Waals surface area contributed by atoms with E-state index in [1.807, 2.05) is 55.5 Å². The molecule has 0 radical (unpaired) electrons. The number of furan rings is 1. The first-order chi connectivity index (χ1) is 12.6. The SMILES string of the molecule is COc1cccc2cc(C(C)NC(=O)c3sc4ccccc4c3Cl)oc12. The van der Waals surface area contributed by atoms with E-state index in [1.54, 1.807) is 7.11 Å². The standard InChI is InChI=1S/C20H16ClNO3S/c1-11(15-10-12-6-5-8-14(24-2)18(12)25-15)22-20(23)19-17(21)13-7-3-4-9-16(13)26-19/h3-11H,1-2H3,(H,22,23). The molecule has 2 aromatic carbocycles. The molecule has 4 nitrogen and oxygen atoms in total. The number of rotatable bonds is 4. The van der Waals surface area contributed by atoms with Crippen LogP contribution in [0.2, 0.25) is 5.02 Å². The molecule has 0 fully saturated rings. The first kappa shape index (κ1) is 16.9. The van der Waals surface area contributed by atoms with Crippen molar-refractivity contribution in [1.29, 1.82) is 0 Å². The van der Waals surface area contributed by atoms with E-state index >= 15 is 0 Å². The van der Waals surface area contributed by atoms with Gasteiger partial charge in [-0.15, -0.1) is 11.3 Å². The Kier molecular flexibility index (Phi) is 4.34. The highest BCUT2D eigenvalue weighted by Crippen LogP contribution is 2.36. The molecule has 0 aliphatic heterocycles. The van der Waals surface area contributed by atoms with E-state index in [2.05, 4.69) is 5.32 Å². The number of carbonyl (C=O) groups excluding carboxylic acids is 1. The molecule has 4 aromatic rings. The van der Waals surface area contributed by atoms with Crippen LogP contribution >= 0.6 is 22.9 Å². The molecule has 4 rings (SSSR count). The summed E-state index contributed by atoms with van der Waals surface area (Å²) in [5, 5.41) is 5.28. The summed E-state index contributed by atoms with van der Waals surface area (Å²) in [6, 6.07) is 15.0. The third-order valence-corrected chi connectivity index (χ3v) is 5.94. The van der Waals surface area contributed by atoms with Gasteiger partial charge in [-0.05, 0) is 25.1 Å². The van der Waals surface area contributed by atoms with Gasteiger partial charge in [-0.1, -0.05) is 41.9 Å². The van der Waals surface area contributed by atoms with Crippen LogP contribution in [0.4, 0.5) is 0 Å². The van der Waals surface area contributed by atoms with Crippen molar-refractivity contribution in [2.45, 2.75) is 13.0 Å². The van der Waals surface area contributed by atoms with E-state index in [0.717, 1.165) is 15.5 Å². The van der Waals surface area contributed by atoms with E-state index in [-0.39, 0.29) is 11.9 Å². The Morgan fingerprint density at radius 1 is 1.23 bits per heavy atom. The molecule has 0 saturated heterocycles. The molecule has 1 atom stereocenters. The van der Waals surface area contributed by atoms with E-state index in [4.69, 9.17) is 20.8 Å². The van der Waals surface area contributed by atoms with Crippen molar-refractivity contribution < 1.29 is 13.9 Å². The van der Waals surface area contributed by atoms with Crippen LogP contribution in [0.25, 0.3) is 21.1 Å². The molecule has 0 spiro atoms. The van der Waals surface area contributed by atoms with Crippen molar-refractivity contribution in [3.63, 3.8) is 0 Å². The number of carbonyl (C=O) groups is 1. The number of methoxy groups -OCH3 is 1. The van der Waals surface area contributed by atoms with Crippen LogP contribution in [0, 0.1) is 0 Å². The van der Waals surface area contributed by atoms with Gasteiger partial charge in [0, 0.05) is 15.5 Å². The molecule has 6 heteroatoms. The van der Waals surface area contributed by atoms with Gasteiger partial charge in [0.1, 0.15) is 10.6 Å². The number of thiophene rings is 1. The number of fused-ring (bicyclic) bond motifs is 2. The number of benzene rings is 2. The van der Waals surface area contributed by atoms with Crippen molar-refractivity contribution in [2.24, 2.45) is 0 Å². The maximum absolute atomic E-state index is 12.7. The zero-order chi connectivity index (χ0) is 18.3. The predicted octanol–water partition coefficient (Wildman–Crippen LogP) is 5.80. The topological polar surface area (TPSA) is 51.5 Å². The Balaban J connectivity index is 1.62. The van der Waals surface area contributed by atoms with Gasteiger partial charge in [-0.2, -0.15) is 0 Å². The summed E-state index contributed by atoms with van der Waals surface area (Å²) in [6.45, 7) is 1.88. The summed E-state index contributed by atoms with van der Waals surface area (Å²) in [4.78, 5) is 13.2. The van der Waals surface area contributed by atoms with Gasteiger partial charge in [0.15, 0.2) is 11.3 Å². The molecule has 0 saturated carbocycles. The van der Waals surface area contributed by atoms with Gasteiger partial charge >= 0.3 is 0 Å². The van der Waals surface area contributed by atoms with E-state index in [0.29, 0.717) is 27.0 Å². The van der Waals surface area contributed by atoms with Crippen LogP contribution in [0.5, 0.6) is 5.75 Å². The van der Waals surface area contributed by atoms with E-state index in [1.165, 1.54) is 11.3 Å². The van der Waals surface area contributed by atoms with Crippen molar-refractivity contribution in [1.82, 2.24) is 5.32 Å². The van der Waals surface area contributed by atoms with Crippen LogP contribution in [-0.4, -0.2) is 13.0 Å². The molecule has 26 heavy (non-hydrogen) atoms. The molecular formula is C20H16ClNO3S. The summed E-state index contributed by atoms with van der Waals surface area (Å²) in [5.41, 5.74) is 0.672. The predicted molar refractivity (Wildman–Crippen MR) is 105 cm³/mol. The number of amides is 1. The maximum Gasteiger partial charge on any atom is 0.263 e. The Bertz CT molecular complexity index is 1110. The van der Waals surface area contributed by atoms with Crippen LogP contribution in [0.15, 0.2) is 52.9 Å². The second-order valence-electron chi connectivity index (χ2n) is 5.96. The van der Waals surface area contributed by atoms with Gasteiger partial charge in [0.25, 0.3) is 5.91 Å². The zero-order valence-electron chi connectivity index (χ0n) is 14.2. The fourth-order valence-electron chi connectivity index (χ4n) is 2.92. The highest BCUT2D eigenvalue weighted by Gasteiger charge is 2.21. The average Bonchev–Trinajstić information content (AvgIpc) is 3.23. The zero-order valence-corrected chi connectivity index (χ0v) is 15.8. The van der Waals surface area contributed by atoms with Crippen molar-refractivity contribution in [3.8, 4) is 5.75 Å². The number of nitrogens with one attached hydrogen (secondary N) is 1. The summed E-state index contributed by atoms with van der Waals surface area (Å²) in [7, 11) is 1.60. The molecule has 0 bridgehead atoms. The molecule has 2 heterocycles. The molecule has 1 unspecified atom stereocenters. The molecule has 0 aliphatic carbocycles. The Morgan fingerprint density at radius 3 is 2.81 bits per heavy atom. The number of ether oxygens (including phenoxy) is 1. The lowest BCUT2D eigenvalue weighted by molar-refractivity contribution is 0.0940. The lowest BCUT2D eigenvalue weighted by Crippen LogP contribution is -2.25. The molecular weight excluding hydrogens is 370 g/mol. The van der Waals surface area contributed by atoms with Crippen LogP contribution < -0.4 is 10.1 Å². The molecule has 132 valence electrons. The third-order valence-electron chi connectivity index (χ3n) is 4.26. The van der Waals surface area contributed by atoms with Gasteiger partial charge in [-0.25, -0.2) is 0 Å². The number of halogens is 1. The van der Waals surface area contributed by atoms with Crippen LogP contribution in [-0.2, 0) is 0 Å². The Labute approximate surface area is 159 Å². The monoisotopic (exact) mass is 385 g/mol. The first-order valence-electron chi connectivity index (χ1n) is 8.13. The van der Waals surface area contributed by atoms with Gasteiger partial charge in [0.2, 0.25) is 0 Å². The molecule has 1 amide bonds. The molecule has 2 aromatic heterocycles. The first-order valence-corrected chi connectivity index (χ1v) is 9.32. The summed E-state index contributed by atoms with van der Waals surface area (Å²) in [6.07, 6.45) is 0. The average molecular weight is 386 g/mol. The highest BCUT2D eigenvalue weighted by molar-refractivity contribution is 7.21. The largest absolute Gasteiger partial charge is 0.493 e. The third kappa shape index (κ3) is 2.83. The molecule has 0 aliphatic rings. The lowest BCUT2D eigenvalue weighted by Gasteiger charge is -2.10. The van der Waals surface area contributed by atoms with Crippen molar-refractivity contribution >= 4 is 49.9 Å². The number of hydrogen-bond donors (Lipinski definition) is 1. The van der Waals surface area contributed by atoms with E-state index in [9.17, 15) is 4.79 Å². The van der Waals surface area contributed by atoms with Crippen molar-refractivity contribution in [2.75, 3.05) is 7.11 Å². The van der Waals surface area contributed by atoms with Crippen LogP contribution in [0.3, 0.4) is 0 Å². The van der Waals surface area contributed by atoms with Crippen molar-refractivity contribution in [3.05, 3.63) is 64.2 Å². The maximum atomic E-state index is 12.7. The Hall–Kier alpha value is -2.50. The smallest absolute Gasteiger partial charge is 0.263 e. The number of para-hydroxylation sites is 1. The lowest BCUT2D eigenvalue weighted by atomic mass is 10.2. The Morgan fingerprint density at radius 2 is 2.04 bits per heavy atom. The van der Waals surface area contributed by atoms with E-state index < -0.39 is 0 Å². The minimum absolute atomic E-state index is 0.212. The summed E-state index contributed by atoms with van der Waals surface area (Å²) < 4.78 is 12.2. The fraction of sp³-hybridized carbons (Fsp3) is 0.150. The minimum atomic E-state index is -0.305.